The Morgan fingerprint density at radius 2 is 1.96 bits per heavy atom. The average Bonchev–Trinajstić information content (AvgIpc) is 2.98. The van der Waals surface area contributed by atoms with E-state index in [-0.39, 0.29) is 11.1 Å². The molecule has 0 aliphatic heterocycles. The molecule has 136 valence electrons. The summed E-state index contributed by atoms with van der Waals surface area (Å²) in [6.45, 7) is 0.373. The lowest BCUT2D eigenvalue weighted by Gasteiger charge is -2.08. The van der Waals surface area contributed by atoms with Crippen molar-refractivity contribution in [3.63, 3.8) is 0 Å². The van der Waals surface area contributed by atoms with E-state index in [9.17, 15) is 13.2 Å². The molecule has 0 aromatic carbocycles. The molecule has 1 N–H and O–H groups in total. The molecule has 0 aliphatic rings. The van der Waals surface area contributed by atoms with Crippen molar-refractivity contribution >= 4 is 40.0 Å². The number of alkyl halides is 3. The lowest BCUT2D eigenvalue weighted by atomic mass is 10.2. The summed E-state index contributed by atoms with van der Waals surface area (Å²) in [5.41, 5.74) is 0.243. The molecule has 11 heteroatoms. The molecule has 0 aliphatic carbocycles. The van der Waals surface area contributed by atoms with Crippen molar-refractivity contribution in [1.29, 1.82) is 0 Å². The van der Waals surface area contributed by atoms with Gasteiger partial charge in [-0.15, -0.1) is 0 Å². The molecule has 6 nitrogen and oxygen atoms in total. The highest BCUT2D eigenvalue weighted by molar-refractivity contribution is 14.1. The standard InChI is InChI=1S/C15H11ClF3IN6/c1-26-7-11(15(17,18)19)24-13(26)8-2-3-9(21-4-8)5-22-12-10(20)6-23-14(16)25-12/h2-4,6-7H,5H2,1H3,(H,22,23,25). The quantitative estimate of drug-likeness (QED) is 0.436. The monoisotopic (exact) mass is 494 g/mol. The minimum Gasteiger partial charge on any atom is -0.363 e. The first kappa shape index (κ1) is 18.8. The minimum atomic E-state index is -4.48. The number of hydrogen-bond acceptors (Lipinski definition) is 5. The van der Waals surface area contributed by atoms with Crippen LogP contribution in [0.3, 0.4) is 0 Å². The van der Waals surface area contributed by atoms with E-state index in [0.717, 1.165) is 9.77 Å². The van der Waals surface area contributed by atoms with Crippen molar-refractivity contribution in [3.05, 3.63) is 51.0 Å². The molecule has 3 heterocycles. The Morgan fingerprint density at radius 1 is 1.19 bits per heavy atom. The maximum atomic E-state index is 12.8. The number of hydrogen-bond donors (Lipinski definition) is 1. The molecule has 0 saturated carbocycles. The SMILES string of the molecule is Cn1cc(C(F)(F)F)nc1-c1ccc(CNc2nc(Cl)ncc2I)nc1. The summed E-state index contributed by atoms with van der Waals surface area (Å²) in [6.07, 6.45) is -0.458. The Morgan fingerprint density at radius 3 is 2.58 bits per heavy atom. The lowest BCUT2D eigenvalue weighted by molar-refractivity contribution is -0.140. The van der Waals surface area contributed by atoms with E-state index in [1.807, 2.05) is 0 Å². The van der Waals surface area contributed by atoms with Crippen LogP contribution in [-0.2, 0) is 19.8 Å². The Bertz CT molecular complexity index is 926. The summed E-state index contributed by atoms with van der Waals surface area (Å²) < 4.78 is 40.4. The third-order valence-electron chi connectivity index (χ3n) is 3.40. The first-order valence-corrected chi connectivity index (χ1v) is 8.67. The van der Waals surface area contributed by atoms with Crippen molar-refractivity contribution < 1.29 is 13.2 Å². The van der Waals surface area contributed by atoms with E-state index in [1.54, 1.807) is 18.3 Å². The van der Waals surface area contributed by atoms with E-state index >= 15 is 0 Å². The molecule has 0 amide bonds. The van der Waals surface area contributed by atoms with Crippen LogP contribution in [0.15, 0.2) is 30.7 Å². The van der Waals surface area contributed by atoms with Gasteiger partial charge >= 0.3 is 6.18 Å². The summed E-state index contributed by atoms with van der Waals surface area (Å²) in [5.74, 6) is 0.775. The van der Waals surface area contributed by atoms with E-state index in [0.29, 0.717) is 23.6 Å². The maximum absolute atomic E-state index is 12.8. The first-order valence-electron chi connectivity index (χ1n) is 7.22. The third-order valence-corrected chi connectivity index (χ3v) is 4.37. The number of aromatic nitrogens is 5. The molecule has 0 atom stereocenters. The van der Waals surface area contributed by atoms with E-state index in [4.69, 9.17) is 11.6 Å². The molecular weight excluding hydrogens is 484 g/mol. The Labute approximate surface area is 165 Å². The topological polar surface area (TPSA) is 68.5 Å². The fourth-order valence-corrected chi connectivity index (χ4v) is 2.76. The van der Waals surface area contributed by atoms with Crippen LogP contribution in [0, 0.1) is 3.57 Å². The molecule has 26 heavy (non-hydrogen) atoms. The van der Waals surface area contributed by atoms with Gasteiger partial charge in [0.1, 0.15) is 11.6 Å². The zero-order chi connectivity index (χ0) is 18.9. The van der Waals surface area contributed by atoms with Crippen LogP contribution in [0.2, 0.25) is 5.28 Å². The maximum Gasteiger partial charge on any atom is 0.434 e. The number of aryl methyl sites for hydroxylation is 1. The molecule has 0 bridgehead atoms. The number of pyridine rings is 1. The average molecular weight is 495 g/mol. The number of rotatable bonds is 4. The van der Waals surface area contributed by atoms with Crippen LogP contribution in [0.1, 0.15) is 11.4 Å². The smallest absolute Gasteiger partial charge is 0.363 e. The summed E-state index contributed by atoms with van der Waals surface area (Å²) in [4.78, 5) is 15.9. The predicted molar refractivity (Wildman–Crippen MR) is 98.5 cm³/mol. The van der Waals surface area contributed by atoms with Gasteiger partial charge in [-0.1, -0.05) is 0 Å². The Kier molecular flexibility index (Phi) is 5.32. The summed E-state index contributed by atoms with van der Waals surface area (Å²) in [6, 6.07) is 3.38. The largest absolute Gasteiger partial charge is 0.434 e. The highest BCUT2D eigenvalue weighted by atomic mass is 127. The van der Waals surface area contributed by atoms with Crippen molar-refractivity contribution in [3.8, 4) is 11.4 Å². The van der Waals surface area contributed by atoms with E-state index in [1.165, 1.54) is 17.8 Å². The van der Waals surface area contributed by atoms with Gasteiger partial charge < -0.3 is 9.88 Å². The van der Waals surface area contributed by atoms with Gasteiger partial charge in [-0.05, 0) is 46.3 Å². The number of nitrogens with zero attached hydrogens (tertiary/aromatic N) is 5. The molecule has 0 radical (unpaired) electrons. The van der Waals surface area contributed by atoms with Crippen molar-refractivity contribution in [2.24, 2.45) is 7.05 Å². The van der Waals surface area contributed by atoms with Crippen molar-refractivity contribution in [2.75, 3.05) is 5.32 Å². The van der Waals surface area contributed by atoms with Gasteiger partial charge in [-0.2, -0.15) is 18.2 Å². The highest BCUT2D eigenvalue weighted by Gasteiger charge is 2.34. The molecule has 0 spiro atoms. The van der Waals surface area contributed by atoms with Gasteiger partial charge in [0.05, 0.1) is 15.8 Å². The zero-order valence-corrected chi connectivity index (χ0v) is 16.1. The third kappa shape index (κ3) is 4.23. The fourth-order valence-electron chi connectivity index (χ4n) is 2.18. The summed E-state index contributed by atoms with van der Waals surface area (Å²) in [5, 5.41) is 3.22. The number of halogens is 5. The van der Waals surface area contributed by atoms with Crippen LogP contribution >= 0.6 is 34.2 Å². The molecule has 3 aromatic heterocycles. The van der Waals surface area contributed by atoms with Gasteiger partial charge in [0.25, 0.3) is 0 Å². The molecule has 0 unspecified atom stereocenters. The minimum absolute atomic E-state index is 0.131. The first-order chi connectivity index (χ1) is 12.2. The fraction of sp³-hybridized carbons (Fsp3) is 0.200. The summed E-state index contributed by atoms with van der Waals surface area (Å²) >= 11 is 7.84. The van der Waals surface area contributed by atoms with Crippen LogP contribution in [0.5, 0.6) is 0 Å². The highest BCUT2D eigenvalue weighted by Crippen LogP contribution is 2.30. The van der Waals surface area contributed by atoms with Crippen LogP contribution in [0.4, 0.5) is 19.0 Å². The van der Waals surface area contributed by atoms with Gasteiger partial charge in [0.15, 0.2) is 5.69 Å². The number of imidazole rings is 1. The summed E-state index contributed by atoms with van der Waals surface area (Å²) in [7, 11) is 1.51. The van der Waals surface area contributed by atoms with Gasteiger partial charge in [-0.3, -0.25) is 4.98 Å². The van der Waals surface area contributed by atoms with Crippen LogP contribution in [-0.4, -0.2) is 24.5 Å². The second-order valence-electron chi connectivity index (χ2n) is 5.29. The second kappa shape index (κ2) is 7.35. The molecule has 0 saturated heterocycles. The van der Waals surface area contributed by atoms with Crippen molar-refractivity contribution in [2.45, 2.75) is 12.7 Å². The van der Waals surface area contributed by atoms with Gasteiger partial charge in [0, 0.05) is 31.2 Å². The van der Waals surface area contributed by atoms with Crippen LogP contribution < -0.4 is 5.32 Å². The Hall–Kier alpha value is -1.95. The second-order valence-corrected chi connectivity index (χ2v) is 6.79. The molecule has 0 fully saturated rings. The molecule has 3 aromatic rings. The van der Waals surface area contributed by atoms with Crippen molar-refractivity contribution in [1.82, 2.24) is 24.5 Å². The Balaban J connectivity index is 1.75. The normalized spacial score (nSPS) is 11.6. The zero-order valence-electron chi connectivity index (χ0n) is 13.2. The lowest BCUT2D eigenvalue weighted by Crippen LogP contribution is -2.06. The van der Waals surface area contributed by atoms with Gasteiger partial charge in [0.2, 0.25) is 5.28 Å². The molecular formula is C15H11ClF3IN6. The van der Waals surface area contributed by atoms with Gasteiger partial charge in [-0.25, -0.2) is 9.97 Å². The number of nitrogens with one attached hydrogen (secondary N) is 1. The van der Waals surface area contributed by atoms with E-state index in [2.05, 4.69) is 47.8 Å². The number of anilines is 1. The van der Waals surface area contributed by atoms with E-state index < -0.39 is 11.9 Å². The van der Waals surface area contributed by atoms with Crippen LogP contribution in [0.25, 0.3) is 11.4 Å². The predicted octanol–water partition coefficient (Wildman–Crippen LogP) is 4.16. The molecule has 3 rings (SSSR count).